The molecule has 8 heteroatoms. The Labute approximate surface area is 130 Å². The van der Waals surface area contributed by atoms with Gasteiger partial charge in [-0.25, -0.2) is 8.42 Å². The molecule has 0 aliphatic rings. The quantitative estimate of drug-likeness (QED) is 0.658. The number of hydrogen-bond acceptors (Lipinski definition) is 4. The van der Waals surface area contributed by atoms with Crippen molar-refractivity contribution in [2.45, 2.75) is 11.8 Å². The van der Waals surface area contributed by atoms with Crippen molar-refractivity contribution >= 4 is 37.3 Å². The van der Waals surface area contributed by atoms with Crippen LogP contribution in [0.1, 0.15) is 5.56 Å². The zero-order valence-corrected chi connectivity index (χ0v) is 13.3. The molecule has 110 valence electrons. The van der Waals surface area contributed by atoms with Crippen LogP contribution < -0.4 is 4.72 Å². The van der Waals surface area contributed by atoms with E-state index in [-0.39, 0.29) is 10.6 Å². The zero-order valence-electron chi connectivity index (χ0n) is 10.9. The lowest BCUT2D eigenvalue weighted by Crippen LogP contribution is -2.14. The highest BCUT2D eigenvalue weighted by Crippen LogP contribution is 2.27. The Bertz CT molecular complexity index is 806. The highest BCUT2D eigenvalue weighted by atomic mass is 79.9. The van der Waals surface area contributed by atoms with Crippen molar-refractivity contribution in [1.29, 1.82) is 0 Å². The smallest absolute Gasteiger partial charge is 0.270 e. The van der Waals surface area contributed by atoms with Gasteiger partial charge in [-0.3, -0.25) is 14.8 Å². The van der Waals surface area contributed by atoms with Crippen LogP contribution >= 0.6 is 15.9 Å². The Morgan fingerprint density at radius 3 is 2.48 bits per heavy atom. The van der Waals surface area contributed by atoms with Crippen LogP contribution in [0.15, 0.2) is 51.8 Å². The first kappa shape index (κ1) is 15.5. The largest absolute Gasteiger partial charge is 0.278 e. The number of aryl methyl sites for hydroxylation is 1. The van der Waals surface area contributed by atoms with Crippen molar-refractivity contribution in [1.82, 2.24) is 0 Å². The van der Waals surface area contributed by atoms with Crippen molar-refractivity contribution in [3.05, 3.63) is 62.6 Å². The van der Waals surface area contributed by atoms with E-state index in [9.17, 15) is 18.5 Å². The minimum Gasteiger partial charge on any atom is -0.278 e. The van der Waals surface area contributed by atoms with Crippen LogP contribution in [-0.2, 0) is 10.0 Å². The Balaban J connectivity index is 2.47. The molecular formula is C13H11BrN2O4S. The molecule has 2 rings (SSSR count). The van der Waals surface area contributed by atoms with Gasteiger partial charge in [0.15, 0.2) is 0 Å². The molecule has 0 bridgehead atoms. The molecule has 0 saturated carbocycles. The minimum atomic E-state index is -3.91. The van der Waals surface area contributed by atoms with Crippen LogP contribution in [0.25, 0.3) is 0 Å². The Hall–Kier alpha value is -1.93. The van der Waals surface area contributed by atoms with E-state index >= 15 is 0 Å². The minimum absolute atomic E-state index is 0.118. The van der Waals surface area contributed by atoms with E-state index in [1.807, 2.05) is 0 Å². The van der Waals surface area contributed by atoms with Gasteiger partial charge in [-0.1, -0.05) is 18.2 Å². The van der Waals surface area contributed by atoms with Crippen molar-refractivity contribution in [2.24, 2.45) is 0 Å². The summed E-state index contributed by atoms with van der Waals surface area (Å²) in [5, 5.41) is 10.8. The summed E-state index contributed by atoms with van der Waals surface area (Å²) in [6, 6.07) is 10.4. The molecule has 21 heavy (non-hydrogen) atoms. The van der Waals surface area contributed by atoms with E-state index < -0.39 is 14.9 Å². The molecular weight excluding hydrogens is 360 g/mol. The molecule has 0 aliphatic carbocycles. The zero-order chi connectivity index (χ0) is 15.6. The second kappa shape index (κ2) is 5.82. The highest BCUT2D eigenvalue weighted by Gasteiger charge is 2.21. The van der Waals surface area contributed by atoms with Gasteiger partial charge in [0.1, 0.15) is 0 Å². The molecule has 0 spiro atoms. The van der Waals surface area contributed by atoms with Crippen molar-refractivity contribution in [3.63, 3.8) is 0 Å². The van der Waals surface area contributed by atoms with Crippen LogP contribution in [0.2, 0.25) is 0 Å². The molecule has 0 radical (unpaired) electrons. The molecule has 0 amide bonds. The lowest BCUT2D eigenvalue weighted by atomic mass is 10.2. The number of benzene rings is 2. The van der Waals surface area contributed by atoms with Crippen LogP contribution in [0.5, 0.6) is 0 Å². The number of sulfonamides is 1. The third-order valence-electron chi connectivity index (χ3n) is 2.79. The summed E-state index contributed by atoms with van der Waals surface area (Å²) >= 11 is 3.24. The first-order chi connectivity index (χ1) is 9.81. The second-order valence-electron chi connectivity index (χ2n) is 4.29. The van der Waals surface area contributed by atoms with Crippen LogP contribution in [0, 0.1) is 17.0 Å². The van der Waals surface area contributed by atoms with Gasteiger partial charge in [0.2, 0.25) is 0 Å². The average molecular weight is 371 g/mol. The molecule has 0 unspecified atom stereocenters. The standard InChI is InChI=1S/C13H11BrN2O4S/c1-9-6-7-10(16(17)18)8-13(9)21(19,20)15-12-5-3-2-4-11(12)14/h2-8,15H,1H3. The van der Waals surface area contributed by atoms with Crippen LogP contribution in [0.4, 0.5) is 11.4 Å². The third kappa shape index (κ3) is 3.40. The summed E-state index contributed by atoms with van der Waals surface area (Å²) in [6.07, 6.45) is 0. The van der Waals surface area contributed by atoms with E-state index in [4.69, 9.17) is 0 Å². The highest BCUT2D eigenvalue weighted by molar-refractivity contribution is 9.10. The molecule has 0 heterocycles. The molecule has 0 aliphatic heterocycles. The fraction of sp³-hybridized carbons (Fsp3) is 0.0769. The van der Waals surface area contributed by atoms with Gasteiger partial charge in [-0.15, -0.1) is 0 Å². The topological polar surface area (TPSA) is 89.3 Å². The number of halogens is 1. The van der Waals surface area contributed by atoms with Crippen molar-refractivity contribution in [2.75, 3.05) is 4.72 Å². The van der Waals surface area contributed by atoms with Gasteiger partial charge in [0, 0.05) is 16.6 Å². The third-order valence-corrected chi connectivity index (χ3v) is 4.99. The fourth-order valence-corrected chi connectivity index (χ4v) is 3.60. The first-order valence-corrected chi connectivity index (χ1v) is 8.11. The normalized spacial score (nSPS) is 11.1. The number of non-ortho nitro benzene ring substituents is 1. The summed E-state index contributed by atoms with van der Waals surface area (Å²) in [7, 11) is -3.91. The lowest BCUT2D eigenvalue weighted by molar-refractivity contribution is -0.385. The van der Waals surface area contributed by atoms with E-state index in [2.05, 4.69) is 20.7 Å². The monoisotopic (exact) mass is 370 g/mol. The van der Waals surface area contributed by atoms with Gasteiger partial charge in [-0.05, 0) is 40.5 Å². The van der Waals surface area contributed by atoms with Crippen molar-refractivity contribution in [3.8, 4) is 0 Å². The number of nitrogens with one attached hydrogen (secondary N) is 1. The first-order valence-electron chi connectivity index (χ1n) is 5.83. The van der Waals surface area contributed by atoms with Crippen molar-refractivity contribution < 1.29 is 13.3 Å². The van der Waals surface area contributed by atoms with Crippen LogP contribution in [-0.4, -0.2) is 13.3 Å². The summed E-state index contributed by atoms with van der Waals surface area (Å²) < 4.78 is 27.8. The Morgan fingerprint density at radius 1 is 1.19 bits per heavy atom. The Morgan fingerprint density at radius 2 is 1.86 bits per heavy atom. The Kier molecular flexibility index (Phi) is 4.29. The maximum atomic E-state index is 12.4. The second-order valence-corrected chi connectivity index (χ2v) is 6.80. The van der Waals surface area contributed by atoms with Crippen LogP contribution in [0.3, 0.4) is 0 Å². The predicted octanol–water partition coefficient (Wildman–Crippen LogP) is 3.47. The predicted molar refractivity (Wildman–Crippen MR) is 82.8 cm³/mol. The number of nitrogens with zero attached hydrogens (tertiary/aromatic N) is 1. The summed E-state index contributed by atoms with van der Waals surface area (Å²) in [4.78, 5) is 10.0. The van der Waals surface area contributed by atoms with E-state index in [0.717, 1.165) is 6.07 Å². The molecule has 0 fully saturated rings. The van der Waals surface area contributed by atoms with E-state index in [1.165, 1.54) is 12.1 Å². The summed E-state index contributed by atoms with van der Waals surface area (Å²) in [6.45, 7) is 1.58. The van der Waals surface area contributed by atoms with E-state index in [0.29, 0.717) is 15.7 Å². The molecule has 0 atom stereocenters. The molecule has 6 nitrogen and oxygen atoms in total. The van der Waals surface area contributed by atoms with Gasteiger partial charge < -0.3 is 0 Å². The number of rotatable bonds is 4. The van der Waals surface area contributed by atoms with Gasteiger partial charge in [-0.2, -0.15) is 0 Å². The number of para-hydroxylation sites is 1. The van der Waals surface area contributed by atoms with Gasteiger partial charge >= 0.3 is 0 Å². The molecule has 1 N–H and O–H groups in total. The number of anilines is 1. The summed E-state index contributed by atoms with van der Waals surface area (Å²) in [5.74, 6) is 0. The summed E-state index contributed by atoms with van der Waals surface area (Å²) in [5.41, 5.74) is 0.525. The maximum absolute atomic E-state index is 12.4. The molecule has 0 aromatic heterocycles. The molecule has 2 aromatic carbocycles. The lowest BCUT2D eigenvalue weighted by Gasteiger charge is -2.11. The number of hydrogen-bond donors (Lipinski definition) is 1. The number of nitro benzene ring substituents is 1. The average Bonchev–Trinajstić information content (AvgIpc) is 2.41. The molecule has 0 saturated heterocycles. The fourth-order valence-electron chi connectivity index (χ4n) is 1.74. The maximum Gasteiger partial charge on any atom is 0.270 e. The SMILES string of the molecule is Cc1ccc([N+](=O)[O-])cc1S(=O)(=O)Nc1ccccc1Br. The van der Waals surface area contributed by atoms with E-state index in [1.54, 1.807) is 31.2 Å². The number of nitro groups is 1. The van der Waals surface area contributed by atoms with Gasteiger partial charge in [0.25, 0.3) is 15.7 Å². The van der Waals surface area contributed by atoms with Gasteiger partial charge in [0.05, 0.1) is 15.5 Å². The molecule has 2 aromatic rings.